The van der Waals surface area contributed by atoms with Crippen LogP contribution in [0.1, 0.15) is 49.0 Å². The van der Waals surface area contributed by atoms with E-state index in [0.717, 1.165) is 57.4 Å². The van der Waals surface area contributed by atoms with Gasteiger partial charge in [0.05, 0.1) is 5.69 Å². The van der Waals surface area contributed by atoms with Gasteiger partial charge < -0.3 is 0 Å². The van der Waals surface area contributed by atoms with E-state index in [4.69, 9.17) is 0 Å². The zero-order chi connectivity index (χ0) is 17.2. The van der Waals surface area contributed by atoms with Gasteiger partial charge in [-0.05, 0) is 69.2 Å². The molecule has 0 saturated carbocycles. The van der Waals surface area contributed by atoms with E-state index in [1.165, 1.54) is 11.1 Å². The number of hydrogen-bond donors (Lipinski definition) is 0. The minimum atomic E-state index is 0.0840. The molecule has 4 heteroatoms. The second-order valence-corrected chi connectivity index (χ2v) is 7.56. The summed E-state index contributed by atoms with van der Waals surface area (Å²) in [5.41, 5.74) is 3.79. The first kappa shape index (κ1) is 16.5. The maximum atomic E-state index is 12.3. The summed E-state index contributed by atoms with van der Waals surface area (Å²) in [6.07, 6.45) is 5.48. The Kier molecular flexibility index (Phi) is 4.71. The summed E-state index contributed by atoms with van der Waals surface area (Å²) in [6, 6.07) is 13.0. The molecule has 0 bridgehead atoms. The van der Waals surface area contributed by atoms with Crippen LogP contribution in [-0.4, -0.2) is 27.8 Å². The zero-order valence-corrected chi connectivity index (χ0v) is 15.0. The Morgan fingerprint density at radius 2 is 1.92 bits per heavy atom. The predicted octanol–water partition coefficient (Wildman–Crippen LogP) is 3.21. The minimum absolute atomic E-state index is 0.0840. The molecule has 1 unspecified atom stereocenters. The van der Waals surface area contributed by atoms with Gasteiger partial charge >= 0.3 is 0 Å². The summed E-state index contributed by atoms with van der Waals surface area (Å²) < 4.78 is 1.73. The highest BCUT2D eigenvalue weighted by atomic mass is 16.1. The molecular formula is C21H27N3O. The number of hydrogen-bond acceptors (Lipinski definition) is 3. The standard InChI is InChI=1S/C21H27N3O/c1-16(18-6-3-2-4-7-18)23-12-10-17(11-13-23)15-24-21(25)14-19-8-5-9-20(19)22-24/h2-4,6-7,14,16-17H,5,8-13,15H2,1H3. The molecule has 2 aromatic rings. The molecule has 2 heterocycles. The summed E-state index contributed by atoms with van der Waals surface area (Å²) in [7, 11) is 0. The number of likely N-dealkylation sites (tertiary alicyclic amines) is 1. The van der Waals surface area contributed by atoms with Crippen molar-refractivity contribution in [3.63, 3.8) is 0 Å². The van der Waals surface area contributed by atoms with Crippen LogP contribution in [0.2, 0.25) is 0 Å². The Labute approximate surface area is 149 Å². The van der Waals surface area contributed by atoms with Gasteiger partial charge in [-0.15, -0.1) is 0 Å². The monoisotopic (exact) mass is 337 g/mol. The Bertz CT molecular complexity index is 775. The number of benzene rings is 1. The molecule has 0 spiro atoms. The maximum absolute atomic E-state index is 12.3. The number of fused-ring (bicyclic) bond motifs is 1. The van der Waals surface area contributed by atoms with E-state index in [1.54, 1.807) is 4.68 Å². The first-order valence-electron chi connectivity index (χ1n) is 9.59. The third-order valence-corrected chi connectivity index (χ3v) is 5.93. The van der Waals surface area contributed by atoms with Crippen LogP contribution in [0.5, 0.6) is 0 Å². The molecule has 1 aromatic heterocycles. The third kappa shape index (κ3) is 3.54. The average Bonchev–Trinajstić information content (AvgIpc) is 3.10. The predicted molar refractivity (Wildman–Crippen MR) is 99.7 cm³/mol. The van der Waals surface area contributed by atoms with Crippen LogP contribution in [0.4, 0.5) is 0 Å². The van der Waals surface area contributed by atoms with Gasteiger partial charge in [0.1, 0.15) is 0 Å². The van der Waals surface area contributed by atoms with Crippen molar-refractivity contribution in [1.82, 2.24) is 14.7 Å². The quantitative estimate of drug-likeness (QED) is 0.860. The van der Waals surface area contributed by atoms with E-state index in [2.05, 4.69) is 47.3 Å². The molecule has 1 aromatic carbocycles. The van der Waals surface area contributed by atoms with Gasteiger partial charge in [0.25, 0.3) is 5.56 Å². The fourth-order valence-electron chi connectivity index (χ4n) is 4.28. The SMILES string of the molecule is CC(c1ccccc1)N1CCC(Cn2nc3c(cc2=O)CCC3)CC1. The Morgan fingerprint density at radius 3 is 2.68 bits per heavy atom. The van der Waals surface area contributed by atoms with E-state index in [9.17, 15) is 4.79 Å². The highest BCUT2D eigenvalue weighted by Gasteiger charge is 2.24. The molecule has 1 atom stereocenters. The van der Waals surface area contributed by atoms with Gasteiger partial charge in [0.15, 0.2) is 0 Å². The van der Waals surface area contributed by atoms with Crippen LogP contribution in [0.15, 0.2) is 41.2 Å². The number of aryl methyl sites for hydroxylation is 2. The summed E-state index contributed by atoms with van der Waals surface area (Å²) in [5.74, 6) is 0.559. The van der Waals surface area contributed by atoms with Crippen molar-refractivity contribution in [3.8, 4) is 0 Å². The zero-order valence-electron chi connectivity index (χ0n) is 15.0. The van der Waals surface area contributed by atoms with Gasteiger partial charge in [0.2, 0.25) is 0 Å². The summed E-state index contributed by atoms with van der Waals surface area (Å²) in [5, 5.41) is 4.64. The molecule has 0 N–H and O–H groups in total. The van der Waals surface area contributed by atoms with Gasteiger partial charge in [-0.25, -0.2) is 4.68 Å². The average molecular weight is 337 g/mol. The molecule has 0 amide bonds. The number of nitrogens with zero attached hydrogens (tertiary/aromatic N) is 3. The molecular weight excluding hydrogens is 310 g/mol. The van der Waals surface area contributed by atoms with Gasteiger partial charge in [-0.1, -0.05) is 30.3 Å². The van der Waals surface area contributed by atoms with E-state index in [-0.39, 0.29) is 5.56 Å². The largest absolute Gasteiger partial charge is 0.297 e. The van der Waals surface area contributed by atoms with Crippen LogP contribution in [-0.2, 0) is 19.4 Å². The van der Waals surface area contributed by atoms with Gasteiger partial charge in [-0.2, -0.15) is 5.10 Å². The molecule has 1 fully saturated rings. The lowest BCUT2D eigenvalue weighted by Gasteiger charge is -2.36. The fourth-order valence-corrected chi connectivity index (χ4v) is 4.28. The van der Waals surface area contributed by atoms with Crippen molar-refractivity contribution in [2.45, 2.75) is 51.6 Å². The second kappa shape index (κ2) is 7.12. The first-order valence-corrected chi connectivity index (χ1v) is 9.59. The Balaban J connectivity index is 1.37. The van der Waals surface area contributed by atoms with E-state index >= 15 is 0 Å². The molecule has 25 heavy (non-hydrogen) atoms. The number of rotatable bonds is 4. The molecule has 0 radical (unpaired) electrons. The lowest BCUT2D eigenvalue weighted by molar-refractivity contribution is 0.131. The highest BCUT2D eigenvalue weighted by Crippen LogP contribution is 2.27. The lowest BCUT2D eigenvalue weighted by atomic mass is 9.94. The molecule has 4 nitrogen and oxygen atoms in total. The highest BCUT2D eigenvalue weighted by molar-refractivity contribution is 5.22. The molecule has 4 rings (SSSR count). The van der Waals surface area contributed by atoms with Crippen molar-refractivity contribution in [2.24, 2.45) is 5.92 Å². The molecule has 2 aliphatic rings. The minimum Gasteiger partial charge on any atom is -0.297 e. The van der Waals surface area contributed by atoms with Crippen LogP contribution >= 0.6 is 0 Å². The fraction of sp³-hybridized carbons (Fsp3) is 0.524. The van der Waals surface area contributed by atoms with E-state index in [0.29, 0.717) is 12.0 Å². The number of piperidine rings is 1. The topological polar surface area (TPSA) is 38.1 Å². The normalized spacial score (nSPS) is 19.7. The molecule has 1 aliphatic heterocycles. The third-order valence-electron chi connectivity index (χ3n) is 5.93. The van der Waals surface area contributed by atoms with Crippen LogP contribution < -0.4 is 5.56 Å². The lowest BCUT2D eigenvalue weighted by Crippen LogP contribution is -2.38. The summed E-state index contributed by atoms with van der Waals surface area (Å²) in [6.45, 7) is 5.27. The van der Waals surface area contributed by atoms with E-state index < -0.39 is 0 Å². The van der Waals surface area contributed by atoms with Crippen LogP contribution in [0.25, 0.3) is 0 Å². The molecule has 1 aliphatic carbocycles. The molecule has 1 saturated heterocycles. The van der Waals surface area contributed by atoms with Crippen molar-refractivity contribution < 1.29 is 0 Å². The Morgan fingerprint density at radius 1 is 1.16 bits per heavy atom. The van der Waals surface area contributed by atoms with Crippen molar-refractivity contribution in [1.29, 1.82) is 0 Å². The van der Waals surface area contributed by atoms with Gasteiger partial charge in [0, 0.05) is 18.7 Å². The summed E-state index contributed by atoms with van der Waals surface area (Å²) in [4.78, 5) is 14.9. The Hall–Kier alpha value is -1.94. The van der Waals surface area contributed by atoms with Crippen LogP contribution in [0, 0.1) is 5.92 Å². The second-order valence-electron chi connectivity index (χ2n) is 7.56. The van der Waals surface area contributed by atoms with Crippen molar-refractivity contribution in [3.05, 3.63) is 63.6 Å². The summed E-state index contributed by atoms with van der Waals surface area (Å²) >= 11 is 0. The smallest absolute Gasteiger partial charge is 0.267 e. The van der Waals surface area contributed by atoms with E-state index in [1.807, 2.05) is 6.07 Å². The van der Waals surface area contributed by atoms with Crippen molar-refractivity contribution >= 4 is 0 Å². The molecule has 132 valence electrons. The van der Waals surface area contributed by atoms with Crippen LogP contribution in [0.3, 0.4) is 0 Å². The maximum Gasteiger partial charge on any atom is 0.267 e. The van der Waals surface area contributed by atoms with Gasteiger partial charge in [-0.3, -0.25) is 9.69 Å². The first-order chi connectivity index (χ1) is 12.2. The number of aromatic nitrogens is 2. The van der Waals surface area contributed by atoms with Crippen molar-refractivity contribution in [2.75, 3.05) is 13.1 Å².